The maximum absolute atomic E-state index is 11.9. The summed E-state index contributed by atoms with van der Waals surface area (Å²) in [6.45, 7) is 4.08. The summed E-state index contributed by atoms with van der Waals surface area (Å²) in [6.07, 6.45) is 1.94. The van der Waals surface area contributed by atoms with E-state index in [1.165, 1.54) is 10.6 Å². The molecule has 0 saturated carbocycles. The van der Waals surface area contributed by atoms with Crippen molar-refractivity contribution in [2.75, 3.05) is 37.3 Å². The lowest BCUT2D eigenvalue weighted by molar-refractivity contribution is 0.386. The summed E-state index contributed by atoms with van der Waals surface area (Å²) in [5.41, 5.74) is 4.05. The van der Waals surface area contributed by atoms with Crippen molar-refractivity contribution >= 4 is 27.4 Å². The van der Waals surface area contributed by atoms with Crippen LogP contribution in [0, 0.1) is 6.92 Å². The van der Waals surface area contributed by atoms with Crippen molar-refractivity contribution in [2.24, 2.45) is 0 Å². The van der Waals surface area contributed by atoms with Crippen LogP contribution >= 0.6 is 11.6 Å². The quantitative estimate of drug-likeness (QED) is 0.584. The van der Waals surface area contributed by atoms with Gasteiger partial charge in [-0.25, -0.2) is 18.4 Å². The molecule has 2 heterocycles. The van der Waals surface area contributed by atoms with Gasteiger partial charge < -0.3 is 4.90 Å². The van der Waals surface area contributed by atoms with Crippen molar-refractivity contribution in [3.05, 3.63) is 76.4 Å². The van der Waals surface area contributed by atoms with Gasteiger partial charge in [0, 0.05) is 54.4 Å². The number of aromatic nitrogens is 2. The van der Waals surface area contributed by atoms with E-state index in [0.717, 1.165) is 28.2 Å². The molecule has 1 aliphatic heterocycles. The molecule has 0 amide bonds. The van der Waals surface area contributed by atoms with E-state index < -0.39 is 10.0 Å². The first-order valence-corrected chi connectivity index (χ1v) is 12.4. The number of hydrogen-bond acceptors (Lipinski definition) is 5. The molecule has 0 radical (unpaired) electrons. The number of nitrogens with zero attached hydrogens (tertiary/aromatic N) is 4. The van der Waals surface area contributed by atoms with E-state index >= 15 is 0 Å². The second-order valence-corrected chi connectivity index (χ2v) is 10.2. The van der Waals surface area contributed by atoms with Gasteiger partial charge in [-0.15, -0.1) is 0 Å². The van der Waals surface area contributed by atoms with Crippen molar-refractivity contribution in [2.45, 2.75) is 13.3 Å². The van der Waals surface area contributed by atoms with Gasteiger partial charge in [0.15, 0.2) is 5.82 Å². The van der Waals surface area contributed by atoms with Gasteiger partial charge in [0.2, 0.25) is 10.0 Å². The highest BCUT2D eigenvalue weighted by molar-refractivity contribution is 7.88. The number of aryl methyl sites for hydroxylation is 1. The van der Waals surface area contributed by atoms with Gasteiger partial charge in [0.1, 0.15) is 5.82 Å². The van der Waals surface area contributed by atoms with Gasteiger partial charge in [0.25, 0.3) is 0 Å². The molecular formula is C23H25ClN4O2S. The predicted molar refractivity (Wildman–Crippen MR) is 125 cm³/mol. The smallest absolute Gasteiger partial charge is 0.211 e. The lowest BCUT2D eigenvalue weighted by Crippen LogP contribution is -2.49. The van der Waals surface area contributed by atoms with E-state index in [4.69, 9.17) is 21.6 Å². The van der Waals surface area contributed by atoms with Crippen LogP contribution in [0.15, 0.2) is 54.6 Å². The van der Waals surface area contributed by atoms with Gasteiger partial charge in [-0.2, -0.15) is 4.31 Å². The first-order chi connectivity index (χ1) is 14.8. The van der Waals surface area contributed by atoms with Crippen LogP contribution in [0.25, 0.3) is 11.4 Å². The average molecular weight is 457 g/mol. The highest BCUT2D eigenvalue weighted by Gasteiger charge is 2.26. The molecule has 0 bridgehead atoms. The zero-order chi connectivity index (χ0) is 22.0. The molecule has 3 aromatic rings. The molecule has 1 aliphatic rings. The van der Waals surface area contributed by atoms with Gasteiger partial charge >= 0.3 is 0 Å². The Kier molecular flexibility index (Phi) is 6.27. The third-order valence-electron chi connectivity index (χ3n) is 5.53. The summed E-state index contributed by atoms with van der Waals surface area (Å²) in [5, 5.41) is 0.702. The topological polar surface area (TPSA) is 66.4 Å². The summed E-state index contributed by atoms with van der Waals surface area (Å²) in [4.78, 5) is 11.9. The first kappa shape index (κ1) is 21.7. The number of hydrogen-bond donors (Lipinski definition) is 0. The number of piperazine rings is 1. The molecule has 4 rings (SSSR count). The minimum Gasteiger partial charge on any atom is -0.354 e. The Morgan fingerprint density at radius 2 is 1.58 bits per heavy atom. The largest absolute Gasteiger partial charge is 0.354 e. The van der Waals surface area contributed by atoms with Gasteiger partial charge in [-0.1, -0.05) is 54.1 Å². The van der Waals surface area contributed by atoms with Crippen LogP contribution < -0.4 is 4.90 Å². The zero-order valence-electron chi connectivity index (χ0n) is 17.6. The summed E-state index contributed by atoms with van der Waals surface area (Å²) < 4.78 is 25.4. The van der Waals surface area contributed by atoms with Crippen LogP contribution in [0.4, 0.5) is 5.82 Å². The van der Waals surface area contributed by atoms with Crippen molar-refractivity contribution in [1.82, 2.24) is 14.3 Å². The number of sulfonamides is 1. The van der Waals surface area contributed by atoms with Crippen LogP contribution in [0.2, 0.25) is 5.02 Å². The molecule has 1 aromatic heterocycles. The van der Waals surface area contributed by atoms with Crippen LogP contribution in [-0.2, 0) is 16.4 Å². The molecule has 2 aromatic carbocycles. The van der Waals surface area contributed by atoms with E-state index in [2.05, 4.69) is 4.90 Å². The van der Waals surface area contributed by atoms with Crippen LogP contribution in [0.1, 0.15) is 16.8 Å². The van der Waals surface area contributed by atoms with Gasteiger partial charge in [-0.05, 0) is 24.6 Å². The Labute approximate surface area is 188 Å². The molecule has 8 heteroatoms. The molecule has 0 aliphatic carbocycles. The Bertz CT molecular complexity index is 1160. The SMILES string of the molecule is Cc1nc(-c2ccccc2)nc(N2CCN(S(C)(=O)=O)CC2)c1Cc1ccc(Cl)cc1. The van der Waals surface area contributed by atoms with Crippen molar-refractivity contribution in [1.29, 1.82) is 0 Å². The molecule has 31 heavy (non-hydrogen) atoms. The fourth-order valence-corrected chi connectivity index (χ4v) is 4.76. The average Bonchev–Trinajstić information content (AvgIpc) is 2.76. The fraction of sp³-hybridized carbons (Fsp3) is 0.304. The molecule has 0 atom stereocenters. The van der Waals surface area contributed by atoms with Gasteiger partial charge in [0.05, 0.1) is 6.26 Å². The molecule has 1 saturated heterocycles. The van der Waals surface area contributed by atoms with Crippen LogP contribution in [0.3, 0.4) is 0 Å². The predicted octanol–water partition coefficient (Wildman–Crippen LogP) is 3.78. The first-order valence-electron chi connectivity index (χ1n) is 10.2. The molecule has 162 valence electrons. The van der Waals surface area contributed by atoms with E-state index in [-0.39, 0.29) is 0 Å². The van der Waals surface area contributed by atoms with Crippen molar-refractivity contribution in [3.63, 3.8) is 0 Å². The normalized spacial score (nSPS) is 15.3. The van der Waals surface area contributed by atoms with Crippen LogP contribution in [0.5, 0.6) is 0 Å². The molecule has 0 spiro atoms. The monoisotopic (exact) mass is 456 g/mol. The summed E-state index contributed by atoms with van der Waals surface area (Å²) in [5.74, 6) is 1.55. The lowest BCUT2D eigenvalue weighted by atomic mass is 10.0. The van der Waals surface area contributed by atoms with E-state index in [1.807, 2.05) is 61.5 Å². The number of rotatable bonds is 5. The van der Waals surface area contributed by atoms with E-state index in [9.17, 15) is 8.42 Å². The maximum Gasteiger partial charge on any atom is 0.211 e. The van der Waals surface area contributed by atoms with E-state index in [0.29, 0.717) is 43.4 Å². The Hall–Kier alpha value is -2.48. The molecule has 0 unspecified atom stereocenters. The van der Waals surface area contributed by atoms with E-state index in [1.54, 1.807) is 0 Å². The second-order valence-electron chi connectivity index (χ2n) is 7.75. The van der Waals surface area contributed by atoms with Crippen molar-refractivity contribution < 1.29 is 8.42 Å². The third-order valence-corrected chi connectivity index (χ3v) is 7.08. The number of benzene rings is 2. The lowest BCUT2D eigenvalue weighted by Gasteiger charge is -2.35. The Morgan fingerprint density at radius 3 is 2.19 bits per heavy atom. The Morgan fingerprint density at radius 1 is 0.935 bits per heavy atom. The van der Waals surface area contributed by atoms with Crippen LogP contribution in [-0.4, -0.2) is 55.1 Å². The fourth-order valence-electron chi connectivity index (χ4n) is 3.80. The minimum atomic E-state index is -3.19. The third kappa shape index (κ3) is 5.06. The Balaban J connectivity index is 1.72. The number of halogens is 1. The standard InChI is InChI=1S/C23H25ClN4O2S/c1-17-21(16-18-8-10-20(24)11-9-18)23(26-22(25-17)19-6-4-3-5-7-19)27-12-14-28(15-13-27)31(2,29)30/h3-11H,12-16H2,1-2H3. The molecule has 1 fully saturated rings. The highest BCUT2D eigenvalue weighted by atomic mass is 35.5. The maximum atomic E-state index is 11.9. The van der Waals surface area contributed by atoms with Gasteiger partial charge in [-0.3, -0.25) is 0 Å². The molecule has 6 nitrogen and oxygen atoms in total. The summed E-state index contributed by atoms with van der Waals surface area (Å²) >= 11 is 6.05. The molecule has 0 N–H and O–H groups in total. The minimum absolute atomic E-state index is 0.447. The zero-order valence-corrected chi connectivity index (χ0v) is 19.2. The molecular weight excluding hydrogens is 432 g/mol. The van der Waals surface area contributed by atoms with Crippen molar-refractivity contribution in [3.8, 4) is 11.4 Å². The second kappa shape index (κ2) is 8.94. The highest BCUT2D eigenvalue weighted by Crippen LogP contribution is 2.28. The number of anilines is 1. The summed E-state index contributed by atoms with van der Waals surface area (Å²) in [7, 11) is -3.19. The summed E-state index contributed by atoms with van der Waals surface area (Å²) in [6, 6.07) is 17.7.